The van der Waals surface area contributed by atoms with Crippen molar-refractivity contribution in [3.05, 3.63) is 55.0 Å². The number of pyridine rings is 3. The first-order valence-corrected chi connectivity index (χ1v) is 10.1. The van der Waals surface area contributed by atoms with E-state index in [1.807, 2.05) is 0 Å². The molecule has 10 heteroatoms. The molecule has 0 unspecified atom stereocenters. The molecule has 5 rings (SSSR count). The van der Waals surface area contributed by atoms with Crippen LogP contribution in [-0.2, 0) is 0 Å². The number of aromatic nitrogens is 5. The second-order valence-corrected chi connectivity index (χ2v) is 7.33. The van der Waals surface area contributed by atoms with Gasteiger partial charge in [-0.25, -0.2) is 14.4 Å². The van der Waals surface area contributed by atoms with Crippen molar-refractivity contribution in [1.82, 2.24) is 24.9 Å². The summed E-state index contributed by atoms with van der Waals surface area (Å²) in [5.74, 6) is 1.45. The number of ether oxygens (including phenoxy) is 2. The summed E-state index contributed by atoms with van der Waals surface area (Å²) in [6.45, 7) is 0. The predicted octanol–water partition coefficient (Wildman–Crippen LogP) is 4.38. The molecule has 4 aromatic heterocycles. The van der Waals surface area contributed by atoms with E-state index >= 15 is 0 Å². The molecule has 4 heterocycles. The summed E-state index contributed by atoms with van der Waals surface area (Å²) < 4.78 is 25.3. The van der Waals surface area contributed by atoms with E-state index in [4.69, 9.17) is 9.47 Å². The quantitative estimate of drug-likeness (QED) is 0.439. The third kappa shape index (κ3) is 4.20. The molecular weight excluding hydrogens is 413 g/mol. The van der Waals surface area contributed by atoms with Crippen LogP contribution in [0.25, 0.3) is 10.9 Å². The number of methoxy groups -OCH3 is 1. The largest absolute Gasteiger partial charge is 0.491 e. The number of hydrogen-bond donors (Lipinski definition) is 2. The highest BCUT2D eigenvalue weighted by atomic mass is 19.1. The third-order valence-corrected chi connectivity index (χ3v) is 5.11. The molecule has 0 radical (unpaired) electrons. The molecule has 0 amide bonds. The summed E-state index contributed by atoms with van der Waals surface area (Å²) in [6.07, 6.45) is 11.0. The van der Waals surface area contributed by atoms with Gasteiger partial charge in [0, 0.05) is 17.6 Å². The molecule has 0 aromatic carbocycles. The number of hydrogen-bond acceptors (Lipinski definition) is 9. The maximum atomic E-state index is 14.0. The van der Waals surface area contributed by atoms with Crippen LogP contribution in [0.4, 0.5) is 27.5 Å². The molecule has 1 aliphatic rings. The fraction of sp³-hybridized carbons (Fsp3) is 0.227. The van der Waals surface area contributed by atoms with E-state index in [1.54, 1.807) is 43.9 Å². The highest BCUT2D eigenvalue weighted by molar-refractivity contribution is 5.82. The Balaban J connectivity index is 1.32. The van der Waals surface area contributed by atoms with Crippen molar-refractivity contribution in [1.29, 1.82) is 0 Å². The van der Waals surface area contributed by atoms with Crippen LogP contribution in [0.3, 0.4) is 0 Å². The zero-order chi connectivity index (χ0) is 21.9. The average molecular weight is 433 g/mol. The lowest BCUT2D eigenvalue weighted by Gasteiger charge is -2.26. The van der Waals surface area contributed by atoms with Crippen LogP contribution in [0.2, 0.25) is 0 Å². The van der Waals surface area contributed by atoms with Gasteiger partial charge < -0.3 is 20.1 Å². The standard InChI is InChI=1S/C22H20FN7O2/c1-31-19-8-14(10-27-21(19)32-15-3-2-4-15)29-22-25-6-5-20(30-22)28-13-7-16-17(23)11-24-12-18(16)26-9-13/h5-12,15H,2-4H2,1H3,(H2,25,28,29,30). The van der Waals surface area contributed by atoms with Gasteiger partial charge in [-0.05, 0) is 31.4 Å². The van der Waals surface area contributed by atoms with Crippen molar-refractivity contribution in [2.75, 3.05) is 17.7 Å². The minimum atomic E-state index is -0.435. The molecule has 0 aliphatic heterocycles. The van der Waals surface area contributed by atoms with Crippen LogP contribution in [0.1, 0.15) is 19.3 Å². The number of anilines is 4. The summed E-state index contributed by atoms with van der Waals surface area (Å²) in [6, 6.07) is 5.14. The molecule has 1 saturated carbocycles. The van der Waals surface area contributed by atoms with Crippen LogP contribution >= 0.6 is 0 Å². The Morgan fingerprint density at radius 3 is 2.66 bits per heavy atom. The summed E-state index contributed by atoms with van der Waals surface area (Å²) in [4.78, 5) is 21.1. The van der Waals surface area contributed by atoms with Crippen LogP contribution in [-0.4, -0.2) is 38.1 Å². The second kappa shape index (κ2) is 8.58. The summed E-state index contributed by atoms with van der Waals surface area (Å²) in [5.41, 5.74) is 1.72. The number of fused-ring (bicyclic) bond motifs is 1. The minimum Gasteiger partial charge on any atom is -0.491 e. The molecular formula is C22H20FN7O2. The number of nitrogens with one attached hydrogen (secondary N) is 2. The molecule has 9 nitrogen and oxygen atoms in total. The molecule has 0 bridgehead atoms. The summed E-state index contributed by atoms with van der Waals surface area (Å²) in [5, 5.41) is 6.60. The molecule has 1 aliphatic carbocycles. The van der Waals surface area contributed by atoms with Gasteiger partial charge in [-0.1, -0.05) is 0 Å². The normalized spacial score (nSPS) is 13.4. The Bertz CT molecular complexity index is 1270. The molecule has 4 aromatic rings. The van der Waals surface area contributed by atoms with Crippen molar-refractivity contribution >= 4 is 34.0 Å². The Labute approximate surface area is 183 Å². The van der Waals surface area contributed by atoms with Crippen LogP contribution in [0, 0.1) is 5.82 Å². The van der Waals surface area contributed by atoms with E-state index in [0.717, 1.165) is 19.0 Å². The van der Waals surface area contributed by atoms with Gasteiger partial charge in [0.05, 0.1) is 48.8 Å². The first-order chi connectivity index (χ1) is 15.7. The Morgan fingerprint density at radius 2 is 1.84 bits per heavy atom. The maximum absolute atomic E-state index is 14.0. The van der Waals surface area contributed by atoms with E-state index in [2.05, 4.69) is 35.6 Å². The fourth-order valence-electron chi connectivity index (χ4n) is 3.23. The van der Waals surface area contributed by atoms with Gasteiger partial charge in [-0.3, -0.25) is 9.97 Å². The van der Waals surface area contributed by atoms with E-state index in [-0.39, 0.29) is 6.10 Å². The van der Waals surface area contributed by atoms with Crippen molar-refractivity contribution in [2.45, 2.75) is 25.4 Å². The predicted molar refractivity (Wildman–Crippen MR) is 117 cm³/mol. The van der Waals surface area contributed by atoms with Crippen LogP contribution in [0.5, 0.6) is 11.6 Å². The molecule has 2 N–H and O–H groups in total. The van der Waals surface area contributed by atoms with Gasteiger partial charge in [0.25, 0.3) is 5.88 Å². The second-order valence-electron chi connectivity index (χ2n) is 7.33. The van der Waals surface area contributed by atoms with Crippen LogP contribution in [0.15, 0.2) is 49.2 Å². The third-order valence-electron chi connectivity index (χ3n) is 5.11. The zero-order valence-corrected chi connectivity index (χ0v) is 17.2. The van der Waals surface area contributed by atoms with Crippen molar-refractivity contribution < 1.29 is 13.9 Å². The fourth-order valence-corrected chi connectivity index (χ4v) is 3.23. The van der Waals surface area contributed by atoms with Gasteiger partial charge in [0.2, 0.25) is 5.95 Å². The minimum absolute atomic E-state index is 0.204. The average Bonchev–Trinajstić information content (AvgIpc) is 2.78. The first kappa shape index (κ1) is 19.9. The van der Waals surface area contributed by atoms with Crippen molar-refractivity contribution in [3.8, 4) is 11.6 Å². The van der Waals surface area contributed by atoms with E-state index < -0.39 is 5.82 Å². The van der Waals surface area contributed by atoms with Gasteiger partial charge in [0.15, 0.2) is 11.6 Å². The molecule has 162 valence electrons. The number of halogens is 1. The molecule has 0 spiro atoms. The lowest BCUT2D eigenvalue weighted by atomic mass is 9.96. The molecule has 0 atom stereocenters. The van der Waals surface area contributed by atoms with Gasteiger partial charge >= 0.3 is 0 Å². The number of rotatable bonds is 7. The van der Waals surface area contributed by atoms with Gasteiger partial charge in [-0.15, -0.1) is 0 Å². The highest BCUT2D eigenvalue weighted by Gasteiger charge is 2.21. The molecule has 1 fully saturated rings. The lowest BCUT2D eigenvalue weighted by molar-refractivity contribution is 0.110. The number of nitrogens with zero attached hydrogens (tertiary/aromatic N) is 5. The highest BCUT2D eigenvalue weighted by Crippen LogP contribution is 2.32. The molecule has 32 heavy (non-hydrogen) atoms. The monoisotopic (exact) mass is 433 g/mol. The Morgan fingerprint density at radius 1 is 1.00 bits per heavy atom. The summed E-state index contributed by atoms with van der Waals surface area (Å²) >= 11 is 0. The van der Waals surface area contributed by atoms with Crippen LogP contribution < -0.4 is 20.1 Å². The Kier molecular flexibility index (Phi) is 5.32. The van der Waals surface area contributed by atoms with Crippen molar-refractivity contribution in [3.63, 3.8) is 0 Å². The topological polar surface area (TPSA) is 107 Å². The molecule has 0 saturated heterocycles. The van der Waals surface area contributed by atoms with E-state index in [0.29, 0.717) is 45.7 Å². The Hall–Kier alpha value is -4.08. The summed E-state index contributed by atoms with van der Waals surface area (Å²) in [7, 11) is 1.58. The van der Waals surface area contributed by atoms with E-state index in [9.17, 15) is 4.39 Å². The maximum Gasteiger partial charge on any atom is 0.257 e. The first-order valence-electron chi connectivity index (χ1n) is 10.1. The SMILES string of the molecule is COc1cc(Nc2nccc(Nc3cnc4cncc(F)c4c3)n2)cnc1OC1CCC1. The van der Waals surface area contributed by atoms with Crippen molar-refractivity contribution in [2.24, 2.45) is 0 Å². The van der Waals surface area contributed by atoms with Gasteiger partial charge in [0.1, 0.15) is 11.9 Å². The van der Waals surface area contributed by atoms with Gasteiger partial charge in [-0.2, -0.15) is 4.98 Å². The lowest BCUT2D eigenvalue weighted by Crippen LogP contribution is -2.25. The smallest absolute Gasteiger partial charge is 0.257 e. The zero-order valence-electron chi connectivity index (χ0n) is 17.2. The van der Waals surface area contributed by atoms with E-state index in [1.165, 1.54) is 12.6 Å².